The Morgan fingerprint density at radius 3 is 2.43 bits per heavy atom. The van der Waals surface area contributed by atoms with E-state index >= 15 is 0 Å². The number of hydrogen-bond acceptors (Lipinski definition) is 11. The molecule has 3 rings (SSSR count). The molecule has 1 aliphatic heterocycles. The Bertz CT molecular complexity index is 1100. The molecule has 1 aromatic heterocycles. The van der Waals surface area contributed by atoms with Gasteiger partial charge in [0.25, 0.3) is 0 Å². The molecule has 1 aromatic carbocycles. The Labute approximate surface area is 206 Å². The molecular formula is C21H24F3N3O10. The number of carbonyl (C=O) groups is 2. The van der Waals surface area contributed by atoms with Gasteiger partial charge in [-0.15, -0.1) is 0 Å². The SMILES string of the molecule is CC(O)(Cn1cncn1)c1ccc(O[C@H]2O[C@H](COC(=O)CC(=O)O)[C@@H](O)[C@H](O)[C@H]2O)cc1C(F)(F)F. The highest BCUT2D eigenvalue weighted by atomic mass is 19.4. The largest absolute Gasteiger partial charge is 0.481 e. The van der Waals surface area contributed by atoms with E-state index in [-0.39, 0.29) is 6.54 Å². The van der Waals surface area contributed by atoms with Crippen LogP contribution in [0.3, 0.4) is 0 Å². The minimum Gasteiger partial charge on any atom is -0.481 e. The molecule has 37 heavy (non-hydrogen) atoms. The number of rotatable bonds is 9. The molecule has 16 heteroatoms. The Hall–Kier alpha value is -3.31. The van der Waals surface area contributed by atoms with Crippen LogP contribution in [-0.4, -0.2) is 89.5 Å². The van der Waals surface area contributed by atoms with E-state index in [9.17, 15) is 43.2 Å². The highest BCUT2D eigenvalue weighted by Gasteiger charge is 2.46. The summed E-state index contributed by atoms with van der Waals surface area (Å²) in [4.78, 5) is 25.7. The van der Waals surface area contributed by atoms with Crippen molar-refractivity contribution < 1.29 is 62.5 Å². The van der Waals surface area contributed by atoms with E-state index < -0.39 is 84.3 Å². The van der Waals surface area contributed by atoms with E-state index in [4.69, 9.17) is 14.6 Å². The molecule has 204 valence electrons. The molecule has 0 bridgehead atoms. The first-order chi connectivity index (χ1) is 17.2. The first-order valence-corrected chi connectivity index (χ1v) is 10.7. The summed E-state index contributed by atoms with van der Waals surface area (Å²) in [5.74, 6) is -3.12. The van der Waals surface area contributed by atoms with Crippen LogP contribution in [0.25, 0.3) is 0 Å². The zero-order valence-electron chi connectivity index (χ0n) is 19.1. The van der Waals surface area contributed by atoms with Gasteiger partial charge in [0.05, 0.1) is 12.1 Å². The number of benzene rings is 1. The molecule has 0 saturated carbocycles. The summed E-state index contributed by atoms with van der Waals surface area (Å²) in [6.45, 7) is 0.0592. The van der Waals surface area contributed by atoms with Crippen molar-refractivity contribution >= 4 is 11.9 Å². The standard InChI is InChI=1S/C21H24F3N3O10/c1-20(34,7-27-9-25-8-26-27)11-3-2-10(4-12(11)21(22,23)24)36-19-18(33)17(32)16(31)13(37-19)6-35-15(30)5-14(28)29/h2-4,8-9,13,16-19,31-34H,5-7H2,1H3,(H,28,29)/t13-,16-,17+,18-,19+,20?/m1/s1. The second-order valence-corrected chi connectivity index (χ2v) is 8.46. The number of aromatic nitrogens is 3. The van der Waals surface area contributed by atoms with Crippen LogP contribution in [0.15, 0.2) is 30.9 Å². The maximum absolute atomic E-state index is 13.9. The van der Waals surface area contributed by atoms with Crippen LogP contribution in [-0.2, 0) is 37.4 Å². The van der Waals surface area contributed by atoms with Gasteiger partial charge in [-0.1, -0.05) is 6.07 Å². The van der Waals surface area contributed by atoms with Crippen molar-refractivity contribution in [2.45, 2.75) is 62.4 Å². The fourth-order valence-corrected chi connectivity index (χ4v) is 3.65. The number of aliphatic hydroxyl groups excluding tert-OH is 3. The molecule has 2 aromatic rings. The number of carboxylic acid groups (broad SMARTS) is 1. The van der Waals surface area contributed by atoms with E-state index in [1.54, 1.807) is 0 Å². The zero-order valence-corrected chi connectivity index (χ0v) is 19.1. The Morgan fingerprint density at radius 2 is 1.84 bits per heavy atom. The smallest absolute Gasteiger partial charge is 0.416 e. The van der Waals surface area contributed by atoms with Crippen molar-refractivity contribution in [2.75, 3.05) is 6.61 Å². The number of aliphatic hydroxyl groups is 4. The van der Waals surface area contributed by atoms with Crippen LogP contribution in [0.1, 0.15) is 24.5 Å². The lowest BCUT2D eigenvalue weighted by atomic mass is 9.90. The molecule has 1 aliphatic rings. The lowest BCUT2D eigenvalue weighted by molar-refractivity contribution is -0.278. The molecular weight excluding hydrogens is 511 g/mol. The van der Waals surface area contributed by atoms with Crippen molar-refractivity contribution in [1.82, 2.24) is 14.8 Å². The summed E-state index contributed by atoms with van der Waals surface area (Å²) in [6, 6.07) is 2.58. The monoisotopic (exact) mass is 535 g/mol. The van der Waals surface area contributed by atoms with Crippen molar-refractivity contribution in [3.05, 3.63) is 42.0 Å². The number of alkyl halides is 3. The maximum Gasteiger partial charge on any atom is 0.416 e. The van der Waals surface area contributed by atoms with Gasteiger partial charge in [0.1, 0.15) is 61.4 Å². The third kappa shape index (κ3) is 6.92. The average Bonchev–Trinajstić information content (AvgIpc) is 3.29. The molecule has 0 amide bonds. The molecule has 0 radical (unpaired) electrons. The minimum absolute atomic E-state index is 0.354. The van der Waals surface area contributed by atoms with E-state index in [1.807, 2.05) is 0 Å². The van der Waals surface area contributed by atoms with Crippen LogP contribution < -0.4 is 4.74 Å². The summed E-state index contributed by atoms with van der Waals surface area (Å²) in [7, 11) is 0. The van der Waals surface area contributed by atoms with Gasteiger partial charge in [-0.05, 0) is 24.6 Å². The number of ether oxygens (including phenoxy) is 3. The van der Waals surface area contributed by atoms with Crippen LogP contribution in [0.2, 0.25) is 0 Å². The summed E-state index contributed by atoms with van der Waals surface area (Å²) in [5.41, 5.74) is -3.81. The van der Waals surface area contributed by atoms with Crippen LogP contribution >= 0.6 is 0 Å². The van der Waals surface area contributed by atoms with E-state index in [2.05, 4.69) is 14.8 Å². The lowest BCUT2D eigenvalue weighted by Crippen LogP contribution is -2.60. The summed E-state index contributed by atoms with van der Waals surface area (Å²) >= 11 is 0. The Balaban J connectivity index is 1.81. The van der Waals surface area contributed by atoms with Crippen molar-refractivity contribution in [2.24, 2.45) is 0 Å². The fraction of sp³-hybridized carbons (Fsp3) is 0.524. The molecule has 1 saturated heterocycles. The molecule has 2 heterocycles. The number of nitrogens with zero attached hydrogens (tertiary/aromatic N) is 3. The second-order valence-electron chi connectivity index (χ2n) is 8.46. The van der Waals surface area contributed by atoms with Crippen molar-refractivity contribution in [1.29, 1.82) is 0 Å². The number of carboxylic acids is 1. The van der Waals surface area contributed by atoms with Gasteiger partial charge in [0, 0.05) is 0 Å². The van der Waals surface area contributed by atoms with Crippen LogP contribution in [0, 0.1) is 0 Å². The Kier molecular flexibility index (Phi) is 8.38. The lowest BCUT2D eigenvalue weighted by Gasteiger charge is -2.40. The predicted molar refractivity (Wildman–Crippen MR) is 112 cm³/mol. The van der Waals surface area contributed by atoms with Gasteiger partial charge in [0.2, 0.25) is 6.29 Å². The van der Waals surface area contributed by atoms with Crippen LogP contribution in [0.5, 0.6) is 5.75 Å². The molecule has 0 aliphatic carbocycles. The second kappa shape index (κ2) is 11.0. The van der Waals surface area contributed by atoms with E-state index in [1.165, 1.54) is 6.33 Å². The van der Waals surface area contributed by atoms with Crippen molar-refractivity contribution in [3.63, 3.8) is 0 Å². The van der Waals surface area contributed by atoms with Gasteiger partial charge < -0.3 is 39.7 Å². The van der Waals surface area contributed by atoms with E-state index in [0.717, 1.165) is 30.1 Å². The third-order valence-electron chi connectivity index (χ3n) is 5.44. The fourth-order valence-electron chi connectivity index (χ4n) is 3.65. The average molecular weight is 535 g/mol. The third-order valence-corrected chi connectivity index (χ3v) is 5.44. The maximum atomic E-state index is 13.9. The zero-order chi connectivity index (χ0) is 27.5. The number of aliphatic carboxylic acids is 1. The first kappa shape index (κ1) is 28.3. The van der Waals surface area contributed by atoms with Gasteiger partial charge in [-0.25, -0.2) is 9.67 Å². The van der Waals surface area contributed by atoms with Gasteiger partial charge in [-0.3, -0.25) is 9.59 Å². The molecule has 0 spiro atoms. The quantitative estimate of drug-likeness (QED) is 0.203. The molecule has 6 atom stereocenters. The highest BCUT2D eigenvalue weighted by Crippen LogP contribution is 2.40. The molecule has 1 unspecified atom stereocenters. The normalized spacial score (nSPS) is 25.8. The molecule has 5 N–H and O–H groups in total. The topological polar surface area (TPSA) is 194 Å². The number of halogens is 3. The summed E-state index contributed by atoms with van der Waals surface area (Å²) in [6.07, 6.45) is -12.5. The number of carbonyl (C=O) groups excluding carboxylic acids is 1. The van der Waals surface area contributed by atoms with Crippen LogP contribution in [0.4, 0.5) is 13.2 Å². The predicted octanol–water partition coefficient (Wildman–Crippen LogP) is -0.591. The van der Waals surface area contributed by atoms with Crippen molar-refractivity contribution in [3.8, 4) is 5.75 Å². The van der Waals surface area contributed by atoms with Gasteiger partial charge >= 0.3 is 18.1 Å². The first-order valence-electron chi connectivity index (χ1n) is 10.7. The van der Waals surface area contributed by atoms with Gasteiger partial charge in [0.15, 0.2) is 0 Å². The minimum atomic E-state index is -4.94. The molecule has 1 fully saturated rings. The number of esters is 1. The van der Waals surface area contributed by atoms with Gasteiger partial charge in [-0.2, -0.15) is 18.3 Å². The number of hydrogen-bond donors (Lipinski definition) is 5. The Morgan fingerprint density at radius 1 is 1.14 bits per heavy atom. The highest BCUT2D eigenvalue weighted by molar-refractivity contribution is 5.90. The molecule has 13 nitrogen and oxygen atoms in total. The summed E-state index contributed by atoms with van der Waals surface area (Å²) < 4.78 is 58.1. The summed E-state index contributed by atoms with van der Waals surface area (Å²) in [5, 5.41) is 53.6. The van der Waals surface area contributed by atoms with E-state index in [0.29, 0.717) is 6.07 Å².